The molecule has 6 nitrogen and oxygen atoms in total. The fraction of sp³-hybridized carbons (Fsp3) is 0.667. The van der Waals surface area contributed by atoms with Gasteiger partial charge in [0.2, 0.25) is 11.8 Å². The minimum atomic E-state index is -0.411. The van der Waals surface area contributed by atoms with Gasteiger partial charge in [0, 0.05) is 38.6 Å². The first-order valence-electron chi connectivity index (χ1n) is 10.3. The van der Waals surface area contributed by atoms with Crippen LogP contribution >= 0.6 is 0 Å². The Morgan fingerprint density at radius 1 is 1.04 bits per heavy atom. The number of piperazine rings is 1. The van der Waals surface area contributed by atoms with E-state index in [2.05, 4.69) is 9.88 Å². The van der Waals surface area contributed by atoms with E-state index in [1.165, 1.54) is 0 Å². The first-order valence-corrected chi connectivity index (χ1v) is 10.3. The first kappa shape index (κ1) is 18.4. The number of rotatable bonds is 3. The number of hydrogen-bond acceptors (Lipinski definition) is 4. The van der Waals surface area contributed by atoms with Crippen LogP contribution in [0.25, 0.3) is 0 Å². The molecular formula is C21H30N4O2. The number of pyridine rings is 1. The molecule has 4 rings (SSSR count). The van der Waals surface area contributed by atoms with Crippen LogP contribution in [0.1, 0.15) is 44.1 Å². The quantitative estimate of drug-likeness (QED) is 0.812. The number of amides is 2. The van der Waals surface area contributed by atoms with Crippen molar-refractivity contribution >= 4 is 11.8 Å². The summed E-state index contributed by atoms with van der Waals surface area (Å²) in [6, 6.07) is 4.01. The zero-order chi connectivity index (χ0) is 18.9. The number of carbonyl (C=O) groups excluding carboxylic acids is 2. The predicted molar refractivity (Wildman–Crippen MR) is 103 cm³/mol. The summed E-state index contributed by atoms with van der Waals surface area (Å²) in [4.78, 5) is 36.7. The molecular weight excluding hydrogens is 340 g/mol. The Kier molecular flexibility index (Phi) is 5.17. The van der Waals surface area contributed by atoms with E-state index >= 15 is 0 Å². The van der Waals surface area contributed by atoms with Crippen molar-refractivity contribution in [1.29, 1.82) is 0 Å². The summed E-state index contributed by atoms with van der Waals surface area (Å²) in [5.41, 5.74) is 0.644. The smallest absolute Gasteiger partial charge is 0.240 e. The average Bonchev–Trinajstić information content (AvgIpc) is 3.38. The molecule has 1 atom stereocenters. The molecule has 3 aliphatic rings. The summed E-state index contributed by atoms with van der Waals surface area (Å²) >= 11 is 0. The Morgan fingerprint density at radius 3 is 2.33 bits per heavy atom. The molecule has 0 aromatic carbocycles. The van der Waals surface area contributed by atoms with Crippen molar-refractivity contribution in [3.63, 3.8) is 0 Å². The number of aromatic nitrogens is 1. The summed E-state index contributed by atoms with van der Waals surface area (Å²) in [6.45, 7) is 3.59. The summed E-state index contributed by atoms with van der Waals surface area (Å²) in [6.07, 6.45) is 9.67. The molecule has 1 saturated carbocycles. The van der Waals surface area contributed by atoms with Gasteiger partial charge < -0.3 is 9.80 Å². The molecule has 146 valence electrons. The van der Waals surface area contributed by atoms with Gasteiger partial charge in [0.15, 0.2) is 0 Å². The Balaban J connectivity index is 1.43. The van der Waals surface area contributed by atoms with Crippen LogP contribution in [0, 0.1) is 0 Å². The maximum atomic E-state index is 13.5. The number of likely N-dealkylation sites (N-methyl/N-ethyl adjacent to an activating group) is 1. The van der Waals surface area contributed by atoms with Crippen LogP contribution in [0.3, 0.4) is 0 Å². The van der Waals surface area contributed by atoms with Crippen molar-refractivity contribution in [2.24, 2.45) is 0 Å². The van der Waals surface area contributed by atoms with Gasteiger partial charge in [-0.3, -0.25) is 19.5 Å². The van der Waals surface area contributed by atoms with Crippen LogP contribution in [0.5, 0.6) is 0 Å². The van der Waals surface area contributed by atoms with Gasteiger partial charge in [0.25, 0.3) is 0 Å². The molecule has 6 heteroatoms. The maximum Gasteiger partial charge on any atom is 0.240 e. The third-order valence-electron chi connectivity index (χ3n) is 6.76. The summed E-state index contributed by atoms with van der Waals surface area (Å²) in [7, 11) is 2.03. The summed E-state index contributed by atoms with van der Waals surface area (Å²) < 4.78 is 0. The zero-order valence-electron chi connectivity index (χ0n) is 16.3. The third-order valence-corrected chi connectivity index (χ3v) is 6.76. The van der Waals surface area contributed by atoms with Crippen molar-refractivity contribution in [3.8, 4) is 0 Å². The fourth-order valence-electron chi connectivity index (χ4n) is 5.12. The molecule has 0 spiro atoms. The van der Waals surface area contributed by atoms with E-state index in [9.17, 15) is 9.59 Å². The van der Waals surface area contributed by atoms with Gasteiger partial charge >= 0.3 is 0 Å². The molecule has 1 aromatic rings. The Bertz CT molecular complexity index is 679. The van der Waals surface area contributed by atoms with Crippen molar-refractivity contribution in [2.75, 3.05) is 39.8 Å². The van der Waals surface area contributed by atoms with Crippen LogP contribution in [0.2, 0.25) is 0 Å². The number of hydrogen-bond donors (Lipinski definition) is 0. The van der Waals surface area contributed by atoms with E-state index in [0.29, 0.717) is 26.2 Å². The molecule has 0 bridgehead atoms. The SMILES string of the molecule is CN1CCCC1C(=O)N1CCN(C(=O)C2(c3cccnc3)CCCC2)CC1. The van der Waals surface area contributed by atoms with E-state index in [1.54, 1.807) is 6.20 Å². The molecule has 2 saturated heterocycles. The van der Waals surface area contributed by atoms with Crippen LogP contribution in [-0.2, 0) is 15.0 Å². The molecule has 3 heterocycles. The largest absolute Gasteiger partial charge is 0.338 e. The Morgan fingerprint density at radius 2 is 1.74 bits per heavy atom. The Hall–Kier alpha value is -1.95. The molecule has 3 fully saturated rings. The molecule has 1 aromatic heterocycles. The second-order valence-corrected chi connectivity index (χ2v) is 8.29. The van der Waals surface area contributed by atoms with Gasteiger partial charge in [-0.05, 0) is 50.9 Å². The zero-order valence-corrected chi connectivity index (χ0v) is 16.3. The molecule has 2 aliphatic heterocycles. The van der Waals surface area contributed by atoms with Gasteiger partial charge in [-0.15, -0.1) is 0 Å². The minimum absolute atomic E-state index is 0.0313. The number of likely N-dealkylation sites (tertiary alicyclic amines) is 1. The molecule has 1 aliphatic carbocycles. The van der Waals surface area contributed by atoms with Gasteiger partial charge in [0.1, 0.15) is 0 Å². The van der Waals surface area contributed by atoms with Gasteiger partial charge in [-0.1, -0.05) is 18.9 Å². The van der Waals surface area contributed by atoms with E-state index in [-0.39, 0.29) is 17.9 Å². The molecule has 2 amide bonds. The van der Waals surface area contributed by atoms with E-state index in [4.69, 9.17) is 0 Å². The van der Waals surface area contributed by atoms with Crippen molar-refractivity contribution in [2.45, 2.75) is 50.0 Å². The lowest BCUT2D eigenvalue weighted by Gasteiger charge is -2.41. The second kappa shape index (κ2) is 7.58. The predicted octanol–water partition coefficient (Wildman–Crippen LogP) is 1.66. The first-order chi connectivity index (χ1) is 13.1. The average molecular weight is 370 g/mol. The van der Waals surface area contributed by atoms with Crippen LogP contribution in [-0.4, -0.2) is 77.3 Å². The lowest BCUT2D eigenvalue weighted by molar-refractivity contribution is -0.145. The topological polar surface area (TPSA) is 56.8 Å². The van der Waals surface area contributed by atoms with Gasteiger partial charge in [0.05, 0.1) is 11.5 Å². The van der Waals surface area contributed by atoms with Crippen molar-refractivity contribution < 1.29 is 9.59 Å². The molecule has 0 radical (unpaired) electrons. The van der Waals surface area contributed by atoms with E-state index in [1.807, 2.05) is 35.2 Å². The standard InChI is InChI=1S/C21H30N4O2/c1-23-11-5-7-18(23)19(26)24-12-14-25(15-13-24)20(27)21(8-2-3-9-21)17-6-4-10-22-16-17/h4,6,10,16,18H,2-3,5,7-9,11-15H2,1H3. The van der Waals surface area contributed by atoms with Gasteiger partial charge in [-0.2, -0.15) is 0 Å². The highest BCUT2D eigenvalue weighted by Crippen LogP contribution is 2.42. The monoisotopic (exact) mass is 370 g/mol. The van der Waals surface area contributed by atoms with E-state index in [0.717, 1.165) is 50.6 Å². The fourth-order valence-corrected chi connectivity index (χ4v) is 5.12. The number of nitrogens with zero attached hydrogens (tertiary/aromatic N) is 4. The Labute approximate surface area is 161 Å². The molecule has 1 unspecified atom stereocenters. The highest BCUT2D eigenvalue weighted by atomic mass is 16.2. The number of carbonyl (C=O) groups is 2. The van der Waals surface area contributed by atoms with E-state index < -0.39 is 5.41 Å². The van der Waals surface area contributed by atoms with Crippen molar-refractivity contribution in [3.05, 3.63) is 30.1 Å². The molecule has 0 N–H and O–H groups in total. The lowest BCUT2D eigenvalue weighted by Crippen LogP contribution is -2.57. The van der Waals surface area contributed by atoms with Crippen LogP contribution < -0.4 is 0 Å². The van der Waals surface area contributed by atoms with Gasteiger partial charge in [-0.25, -0.2) is 0 Å². The highest BCUT2D eigenvalue weighted by Gasteiger charge is 2.46. The minimum Gasteiger partial charge on any atom is -0.338 e. The van der Waals surface area contributed by atoms with Crippen molar-refractivity contribution in [1.82, 2.24) is 19.7 Å². The third kappa shape index (κ3) is 3.35. The second-order valence-electron chi connectivity index (χ2n) is 8.29. The summed E-state index contributed by atoms with van der Waals surface area (Å²) in [5.74, 6) is 0.475. The normalized spacial score (nSPS) is 25.7. The van der Waals surface area contributed by atoms with Crippen LogP contribution in [0.15, 0.2) is 24.5 Å². The molecule has 27 heavy (non-hydrogen) atoms. The lowest BCUT2D eigenvalue weighted by atomic mass is 9.78. The van der Waals surface area contributed by atoms with Crippen LogP contribution in [0.4, 0.5) is 0 Å². The maximum absolute atomic E-state index is 13.5. The highest BCUT2D eigenvalue weighted by molar-refractivity contribution is 5.89. The summed E-state index contributed by atoms with van der Waals surface area (Å²) in [5, 5.41) is 0.